The van der Waals surface area contributed by atoms with E-state index in [9.17, 15) is 0 Å². The Morgan fingerprint density at radius 2 is 2.11 bits per heavy atom. The van der Waals surface area contributed by atoms with Crippen LogP contribution >= 0.6 is 15.9 Å². The molecule has 18 heavy (non-hydrogen) atoms. The van der Waals surface area contributed by atoms with Crippen molar-refractivity contribution in [3.8, 4) is 11.5 Å². The zero-order valence-corrected chi connectivity index (χ0v) is 12.0. The van der Waals surface area contributed by atoms with Crippen molar-refractivity contribution in [1.29, 1.82) is 0 Å². The van der Waals surface area contributed by atoms with Gasteiger partial charge in [-0.3, -0.25) is 0 Å². The highest BCUT2D eigenvalue weighted by Crippen LogP contribution is 2.25. The summed E-state index contributed by atoms with van der Waals surface area (Å²) in [4.78, 5) is 4.13. The summed E-state index contributed by atoms with van der Waals surface area (Å²) in [5.41, 5.74) is 1.12. The van der Waals surface area contributed by atoms with E-state index in [2.05, 4.69) is 20.9 Å². The van der Waals surface area contributed by atoms with Crippen molar-refractivity contribution in [2.24, 2.45) is 0 Å². The fourth-order valence-electron chi connectivity index (χ4n) is 1.80. The molecule has 1 aromatic carbocycles. The van der Waals surface area contributed by atoms with Gasteiger partial charge >= 0.3 is 0 Å². The van der Waals surface area contributed by atoms with Crippen LogP contribution in [-0.2, 0) is 13.0 Å². The molecule has 0 saturated carbocycles. The molecule has 0 spiro atoms. The molecule has 1 heterocycles. The average Bonchev–Trinajstić information content (AvgIpc) is 2.81. The first-order valence-corrected chi connectivity index (χ1v) is 6.41. The molecular formula is C13H15BrN2O2. The summed E-state index contributed by atoms with van der Waals surface area (Å²) in [6.45, 7) is 0.837. The Kier molecular flexibility index (Phi) is 4.25. The van der Waals surface area contributed by atoms with Crippen LogP contribution in [-0.4, -0.2) is 23.8 Å². The van der Waals surface area contributed by atoms with Crippen molar-refractivity contribution >= 4 is 15.9 Å². The van der Waals surface area contributed by atoms with E-state index in [-0.39, 0.29) is 0 Å². The van der Waals surface area contributed by atoms with Gasteiger partial charge in [0, 0.05) is 18.9 Å². The number of halogens is 1. The third-order valence-electron chi connectivity index (χ3n) is 2.77. The number of ether oxygens (including phenoxy) is 2. The standard InChI is InChI=1S/C13H15BrN2O2/c1-17-11-3-4-12(18-2)10(9-11)5-7-16-8-6-15-13(16)14/h3-4,6,8-9H,5,7H2,1-2H3. The summed E-state index contributed by atoms with van der Waals surface area (Å²) in [5.74, 6) is 1.72. The third kappa shape index (κ3) is 2.85. The number of aryl methyl sites for hydroxylation is 2. The molecule has 2 aromatic rings. The molecule has 0 atom stereocenters. The molecule has 4 nitrogen and oxygen atoms in total. The monoisotopic (exact) mass is 310 g/mol. The van der Waals surface area contributed by atoms with E-state index < -0.39 is 0 Å². The summed E-state index contributed by atoms with van der Waals surface area (Å²) < 4.78 is 13.5. The van der Waals surface area contributed by atoms with Crippen molar-refractivity contribution < 1.29 is 9.47 Å². The molecule has 0 amide bonds. The molecule has 0 bridgehead atoms. The fourth-order valence-corrected chi connectivity index (χ4v) is 2.21. The van der Waals surface area contributed by atoms with E-state index in [1.165, 1.54) is 0 Å². The zero-order chi connectivity index (χ0) is 13.0. The number of hydrogen-bond acceptors (Lipinski definition) is 3. The van der Waals surface area contributed by atoms with Crippen LogP contribution in [0.5, 0.6) is 11.5 Å². The second-order valence-electron chi connectivity index (χ2n) is 3.82. The molecule has 2 rings (SSSR count). The first kappa shape index (κ1) is 13.0. The number of aromatic nitrogens is 2. The first-order chi connectivity index (χ1) is 8.74. The lowest BCUT2D eigenvalue weighted by atomic mass is 10.1. The summed E-state index contributed by atoms with van der Waals surface area (Å²) in [6, 6.07) is 5.83. The largest absolute Gasteiger partial charge is 0.497 e. The topological polar surface area (TPSA) is 36.3 Å². The second-order valence-corrected chi connectivity index (χ2v) is 4.53. The highest BCUT2D eigenvalue weighted by Gasteiger charge is 2.06. The Hall–Kier alpha value is -1.49. The van der Waals surface area contributed by atoms with E-state index in [1.54, 1.807) is 20.4 Å². The highest BCUT2D eigenvalue weighted by atomic mass is 79.9. The van der Waals surface area contributed by atoms with Crippen molar-refractivity contribution in [1.82, 2.24) is 9.55 Å². The van der Waals surface area contributed by atoms with Crippen LogP contribution in [0, 0.1) is 0 Å². The Morgan fingerprint density at radius 1 is 1.28 bits per heavy atom. The van der Waals surface area contributed by atoms with Crippen LogP contribution in [0.25, 0.3) is 0 Å². The van der Waals surface area contributed by atoms with Crippen LogP contribution in [0.4, 0.5) is 0 Å². The van der Waals surface area contributed by atoms with Crippen molar-refractivity contribution in [3.05, 3.63) is 40.9 Å². The second kappa shape index (κ2) is 5.91. The zero-order valence-electron chi connectivity index (χ0n) is 10.4. The van der Waals surface area contributed by atoms with Gasteiger partial charge in [-0.2, -0.15) is 0 Å². The number of hydrogen-bond donors (Lipinski definition) is 0. The van der Waals surface area contributed by atoms with Gasteiger partial charge in [0.1, 0.15) is 11.5 Å². The SMILES string of the molecule is COc1ccc(OC)c(CCn2ccnc2Br)c1. The maximum absolute atomic E-state index is 5.35. The average molecular weight is 311 g/mol. The summed E-state index contributed by atoms with van der Waals surface area (Å²) >= 11 is 3.40. The van der Waals surface area contributed by atoms with Gasteiger partial charge in [-0.15, -0.1) is 0 Å². The number of nitrogens with zero attached hydrogens (tertiary/aromatic N) is 2. The van der Waals surface area contributed by atoms with Crippen LogP contribution < -0.4 is 9.47 Å². The van der Waals surface area contributed by atoms with Gasteiger partial charge in [0.15, 0.2) is 4.73 Å². The Balaban J connectivity index is 2.14. The smallest absolute Gasteiger partial charge is 0.177 e. The first-order valence-electron chi connectivity index (χ1n) is 5.62. The van der Waals surface area contributed by atoms with Gasteiger partial charge in [-0.1, -0.05) is 0 Å². The third-order valence-corrected chi connectivity index (χ3v) is 3.43. The molecule has 0 aliphatic rings. The van der Waals surface area contributed by atoms with E-state index >= 15 is 0 Å². The molecule has 0 unspecified atom stereocenters. The molecular weight excluding hydrogens is 296 g/mol. The van der Waals surface area contributed by atoms with E-state index in [0.29, 0.717) is 0 Å². The molecule has 96 valence electrons. The minimum Gasteiger partial charge on any atom is -0.497 e. The number of imidazole rings is 1. The Labute approximate surface area is 115 Å². The molecule has 0 saturated heterocycles. The normalized spacial score (nSPS) is 10.4. The summed E-state index contributed by atoms with van der Waals surface area (Å²) in [7, 11) is 3.34. The number of methoxy groups -OCH3 is 2. The van der Waals surface area contributed by atoms with E-state index in [1.807, 2.05) is 29.0 Å². The van der Waals surface area contributed by atoms with E-state index in [0.717, 1.165) is 34.8 Å². The maximum atomic E-state index is 5.35. The summed E-state index contributed by atoms with van der Waals surface area (Å²) in [6.07, 6.45) is 4.57. The minimum atomic E-state index is 0.837. The highest BCUT2D eigenvalue weighted by molar-refractivity contribution is 9.10. The predicted molar refractivity (Wildman–Crippen MR) is 73.2 cm³/mol. The lowest BCUT2D eigenvalue weighted by molar-refractivity contribution is 0.397. The lowest BCUT2D eigenvalue weighted by Gasteiger charge is -2.11. The van der Waals surface area contributed by atoms with Crippen molar-refractivity contribution in [2.75, 3.05) is 14.2 Å². The lowest BCUT2D eigenvalue weighted by Crippen LogP contribution is -2.02. The van der Waals surface area contributed by atoms with Crippen LogP contribution in [0.3, 0.4) is 0 Å². The maximum Gasteiger partial charge on any atom is 0.177 e. The van der Waals surface area contributed by atoms with Crippen molar-refractivity contribution in [2.45, 2.75) is 13.0 Å². The van der Waals surface area contributed by atoms with Gasteiger partial charge in [0.05, 0.1) is 14.2 Å². The van der Waals surface area contributed by atoms with Gasteiger partial charge < -0.3 is 14.0 Å². The molecule has 0 aliphatic heterocycles. The van der Waals surface area contributed by atoms with Crippen LogP contribution in [0.15, 0.2) is 35.3 Å². The van der Waals surface area contributed by atoms with Gasteiger partial charge in [0.2, 0.25) is 0 Å². The van der Waals surface area contributed by atoms with Gasteiger partial charge in [-0.25, -0.2) is 4.98 Å². The van der Waals surface area contributed by atoms with Crippen LogP contribution in [0.2, 0.25) is 0 Å². The molecule has 0 radical (unpaired) electrons. The minimum absolute atomic E-state index is 0.837. The van der Waals surface area contributed by atoms with Crippen molar-refractivity contribution in [3.63, 3.8) is 0 Å². The van der Waals surface area contributed by atoms with Gasteiger partial charge in [0.25, 0.3) is 0 Å². The molecule has 5 heteroatoms. The van der Waals surface area contributed by atoms with Gasteiger partial charge in [-0.05, 0) is 46.1 Å². The Morgan fingerprint density at radius 3 is 2.72 bits per heavy atom. The molecule has 1 aromatic heterocycles. The fraction of sp³-hybridized carbons (Fsp3) is 0.308. The van der Waals surface area contributed by atoms with E-state index in [4.69, 9.17) is 9.47 Å². The quantitative estimate of drug-likeness (QED) is 0.852. The predicted octanol–water partition coefficient (Wildman–Crippen LogP) is 2.91. The summed E-state index contributed by atoms with van der Waals surface area (Å²) in [5, 5.41) is 0. The Bertz CT molecular complexity index is 525. The molecule has 0 aliphatic carbocycles. The van der Waals surface area contributed by atoms with Crippen LogP contribution in [0.1, 0.15) is 5.56 Å². The number of rotatable bonds is 5. The molecule has 0 N–H and O–H groups in total. The number of benzene rings is 1. The molecule has 0 fully saturated rings.